The summed E-state index contributed by atoms with van der Waals surface area (Å²) in [5, 5.41) is 0.719. The zero-order valence-electron chi connectivity index (χ0n) is 17.5. The highest BCUT2D eigenvalue weighted by Crippen LogP contribution is 2.34. The van der Waals surface area contributed by atoms with E-state index in [4.69, 9.17) is 4.98 Å². The molecular formula is C28H22N2OS. The molecule has 1 heterocycles. The summed E-state index contributed by atoms with van der Waals surface area (Å²) < 4.78 is 1.07. The maximum absolute atomic E-state index is 14.2. The average Bonchev–Trinajstić information content (AvgIpc) is 3.29. The summed E-state index contributed by atoms with van der Waals surface area (Å²) in [7, 11) is 0. The van der Waals surface area contributed by atoms with Gasteiger partial charge >= 0.3 is 0 Å². The summed E-state index contributed by atoms with van der Waals surface area (Å²) in [4.78, 5) is 20.9. The van der Waals surface area contributed by atoms with Gasteiger partial charge in [0, 0.05) is 0 Å². The highest BCUT2D eigenvalue weighted by Gasteiger charge is 2.30. The van der Waals surface area contributed by atoms with Crippen molar-refractivity contribution in [1.29, 1.82) is 0 Å². The summed E-state index contributed by atoms with van der Waals surface area (Å²) in [6, 6.07) is 38.1. The number of para-hydroxylation sites is 1. The largest absolute Gasteiger partial charge is 0.283 e. The molecule has 5 aromatic rings. The van der Waals surface area contributed by atoms with Gasteiger partial charge in [0.15, 0.2) is 5.13 Å². The molecule has 0 spiro atoms. The van der Waals surface area contributed by atoms with Gasteiger partial charge in [-0.3, -0.25) is 9.69 Å². The second-order valence-corrected chi connectivity index (χ2v) is 8.64. The fraction of sp³-hybridized carbons (Fsp3) is 0.0714. The fourth-order valence-electron chi connectivity index (χ4n) is 3.91. The number of anilines is 1. The first-order chi connectivity index (χ1) is 15.8. The van der Waals surface area contributed by atoms with Gasteiger partial charge in [-0.2, -0.15) is 0 Å². The van der Waals surface area contributed by atoms with Crippen molar-refractivity contribution >= 4 is 32.6 Å². The lowest BCUT2D eigenvalue weighted by molar-refractivity contribution is -0.119. The van der Waals surface area contributed by atoms with E-state index in [2.05, 4.69) is 0 Å². The predicted molar refractivity (Wildman–Crippen MR) is 132 cm³/mol. The average molecular weight is 435 g/mol. The van der Waals surface area contributed by atoms with E-state index < -0.39 is 5.92 Å². The second kappa shape index (κ2) is 9.16. The van der Waals surface area contributed by atoms with Gasteiger partial charge in [0.05, 0.1) is 22.7 Å². The number of amides is 1. The quantitative estimate of drug-likeness (QED) is 0.299. The first-order valence-corrected chi connectivity index (χ1v) is 11.4. The van der Waals surface area contributed by atoms with Crippen molar-refractivity contribution in [1.82, 2.24) is 4.98 Å². The van der Waals surface area contributed by atoms with Gasteiger partial charge in [0.2, 0.25) is 5.91 Å². The molecule has 0 atom stereocenters. The van der Waals surface area contributed by atoms with Crippen molar-refractivity contribution in [3.05, 3.63) is 132 Å². The third kappa shape index (κ3) is 4.18. The zero-order valence-corrected chi connectivity index (χ0v) is 18.3. The van der Waals surface area contributed by atoms with Gasteiger partial charge in [-0.05, 0) is 28.8 Å². The molecule has 4 heteroatoms. The number of fused-ring (bicyclic) bond motifs is 1. The van der Waals surface area contributed by atoms with Crippen LogP contribution < -0.4 is 4.90 Å². The van der Waals surface area contributed by atoms with Gasteiger partial charge in [0.25, 0.3) is 0 Å². The Labute approximate surface area is 191 Å². The topological polar surface area (TPSA) is 33.2 Å². The molecular weight excluding hydrogens is 412 g/mol. The van der Waals surface area contributed by atoms with Crippen LogP contribution >= 0.6 is 11.3 Å². The van der Waals surface area contributed by atoms with E-state index in [1.165, 1.54) is 0 Å². The summed E-state index contributed by atoms with van der Waals surface area (Å²) >= 11 is 1.55. The van der Waals surface area contributed by atoms with Gasteiger partial charge in [-0.25, -0.2) is 4.98 Å². The van der Waals surface area contributed by atoms with Crippen LogP contribution in [0.4, 0.5) is 5.13 Å². The SMILES string of the molecule is O=C(C(c1ccccc1)c1ccccc1)N(Cc1ccccc1)c1nc2ccccc2s1. The van der Waals surface area contributed by atoms with Crippen LogP contribution in [0.3, 0.4) is 0 Å². The van der Waals surface area contributed by atoms with Crippen LogP contribution in [0.5, 0.6) is 0 Å². The Morgan fingerprint density at radius 2 is 1.25 bits per heavy atom. The maximum Gasteiger partial charge on any atom is 0.241 e. The summed E-state index contributed by atoms with van der Waals surface area (Å²) in [5.74, 6) is -0.390. The lowest BCUT2D eigenvalue weighted by atomic mass is 9.90. The first-order valence-electron chi connectivity index (χ1n) is 10.6. The van der Waals surface area contributed by atoms with Crippen LogP contribution in [0.1, 0.15) is 22.6 Å². The van der Waals surface area contributed by atoms with E-state index in [1.807, 2.05) is 120 Å². The molecule has 0 bridgehead atoms. The van der Waals surface area contributed by atoms with E-state index in [-0.39, 0.29) is 5.91 Å². The van der Waals surface area contributed by atoms with E-state index in [1.54, 1.807) is 11.3 Å². The molecule has 0 unspecified atom stereocenters. The highest BCUT2D eigenvalue weighted by atomic mass is 32.1. The molecule has 1 aromatic heterocycles. The number of carbonyl (C=O) groups is 1. The lowest BCUT2D eigenvalue weighted by Gasteiger charge is -2.26. The molecule has 0 saturated heterocycles. The smallest absolute Gasteiger partial charge is 0.241 e. The molecule has 1 amide bonds. The number of hydrogen-bond acceptors (Lipinski definition) is 3. The Hall–Kier alpha value is -3.76. The van der Waals surface area contributed by atoms with Crippen LogP contribution in [0.15, 0.2) is 115 Å². The van der Waals surface area contributed by atoms with E-state index in [0.29, 0.717) is 6.54 Å². The van der Waals surface area contributed by atoms with Crippen molar-refractivity contribution in [2.45, 2.75) is 12.5 Å². The Kier molecular flexibility index (Phi) is 5.77. The number of hydrogen-bond donors (Lipinski definition) is 0. The van der Waals surface area contributed by atoms with Gasteiger partial charge in [0.1, 0.15) is 0 Å². The van der Waals surface area contributed by atoms with Crippen LogP contribution in [0.2, 0.25) is 0 Å². The zero-order chi connectivity index (χ0) is 21.8. The minimum Gasteiger partial charge on any atom is -0.283 e. The molecule has 0 radical (unpaired) electrons. The standard InChI is InChI=1S/C28H22N2OS/c31-27(26(22-14-6-2-7-15-22)23-16-8-3-9-17-23)30(20-21-12-4-1-5-13-21)28-29-24-18-10-11-19-25(24)32-28/h1-19,26H,20H2. The third-order valence-electron chi connectivity index (χ3n) is 5.48. The monoisotopic (exact) mass is 434 g/mol. The van der Waals surface area contributed by atoms with E-state index >= 15 is 0 Å². The minimum atomic E-state index is -0.409. The number of benzene rings is 4. The van der Waals surface area contributed by atoms with Crippen molar-refractivity contribution in [3.63, 3.8) is 0 Å². The van der Waals surface area contributed by atoms with Crippen LogP contribution in [0, 0.1) is 0 Å². The molecule has 3 nitrogen and oxygen atoms in total. The number of nitrogens with zero attached hydrogens (tertiary/aromatic N) is 2. The Morgan fingerprint density at radius 3 is 1.84 bits per heavy atom. The van der Waals surface area contributed by atoms with E-state index in [0.717, 1.165) is 32.0 Å². The molecule has 4 aromatic carbocycles. The first kappa shape index (κ1) is 20.2. The number of rotatable bonds is 6. The highest BCUT2D eigenvalue weighted by molar-refractivity contribution is 7.22. The Morgan fingerprint density at radius 1 is 0.719 bits per heavy atom. The molecule has 0 aliphatic carbocycles. The number of aromatic nitrogens is 1. The van der Waals surface area contributed by atoms with Crippen LogP contribution in [0.25, 0.3) is 10.2 Å². The predicted octanol–water partition coefficient (Wildman–Crippen LogP) is 6.66. The van der Waals surface area contributed by atoms with Crippen LogP contribution in [-0.2, 0) is 11.3 Å². The lowest BCUT2D eigenvalue weighted by Crippen LogP contribution is -2.35. The molecule has 156 valence electrons. The molecule has 0 saturated carbocycles. The second-order valence-electron chi connectivity index (χ2n) is 7.63. The van der Waals surface area contributed by atoms with E-state index in [9.17, 15) is 4.79 Å². The maximum atomic E-state index is 14.2. The molecule has 0 N–H and O–H groups in total. The Bertz CT molecular complexity index is 1240. The van der Waals surface area contributed by atoms with Crippen molar-refractivity contribution < 1.29 is 4.79 Å². The fourth-order valence-corrected chi connectivity index (χ4v) is 4.88. The Balaban J connectivity index is 1.62. The van der Waals surface area contributed by atoms with Crippen molar-refractivity contribution in [2.24, 2.45) is 0 Å². The summed E-state index contributed by atoms with van der Waals surface area (Å²) in [6.45, 7) is 0.468. The minimum absolute atomic E-state index is 0.0188. The van der Waals surface area contributed by atoms with Gasteiger partial charge in [-0.1, -0.05) is 114 Å². The molecule has 0 aliphatic heterocycles. The van der Waals surface area contributed by atoms with Crippen molar-refractivity contribution in [3.8, 4) is 0 Å². The summed E-state index contributed by atoms with van der Waals surface area (Å²) in [6.07, 6.45) is 0. The normalized spacial score (nSPS) is 11.0. The molecule has 0 fully saturated rings. The summed E-state index contributed by atoms with van der Waals surface area (Å²) in [5.41, 5.74) is 3.93. The molecule has 0 aliphatic rings. The third-order valence-corrected chi connectivity index (χ3v) is 6.54. The van der Waals surface area contributed by atoms with Gasteiger partial charge < -0.3 is 0 Å². The number of carbonyl (C=O) groups excluding carboxylic acids is 1. The van der Waals surface area contributed by atoms with Crippen molar-refractivity contribution in [2.75, 3.05) is 4.90 Å². The molecule has 32 heavy (non-hydrogen) atoms. The number of thiazole rings is 1. The van der Waals surface area contributed by atoms with Gasteiger partial charge in [-0.15, -0.1) is 0 Å². The molecule has 5 rings (SSSR count). The van der Waals surface area contributed by atoms with Crippen LogP contribution in [-0.4, -0.2) is 10.9 Å².